The van der Waals surface area contributed by atoms with Crippen molar-refractivity contribution in [1.29, 1.82) is 0 Å². The molecule has 0 unspecified atom stereocenters. The lowest BCUT2D eigenvalue weighted by atomic mass is 10.0. The summed E-state index contributed by atoms with van der Waals surface area (Å²) < 4.78 is 15.6. The normalized spacial score (nSPS) is 10.6. The average molecular weight is 383 g/mol. The minimum absolute atomic E-state index is 0.0265. The van der Waals surface area contributed by atoms with Crippen molar-refractivity contribution in [3.05, 3.63) is 79.7 Å². The van der Waals surface area contributed by atoms with Crippen molar-refractivity contribution in [1.82, 2.24) is 0 Å². The molecule has 28 heavy (non-hydrogen) atoms. The summed E-state index contributed by atoms with van der Waals surface area (Å²) in [6, 6.07) is 10.6. The van der Waals surface area contributed by atoms with Crippen LogP contribution in [0.3, 0.4) is 0 Å². The lowest BCUT2D eigenvalue weighted by molar-refractivity contribution is -0.385. The summed E-state index contributed by atoms with van der Waals surface area (Å²) in [5.41, 5.74) is 2.12. The van der Waals surface area contributed by atoms with Crippen LogP contribution in [0.5, 0.6) is 5.75 Å². The van der Waals surface area contributed by atoms with Gasteiger partial charge in [-0.05, 0) is 43.2 Å². The first-order chi connectivity index (χ1) is 13.3. The van der Waals surface area contributed by atoms with Crippen molar-refractivity contribution < 1.29 is 23.6 Å². The number of nitrogens with zero attached hydrogens (tertiary/aromatic N) is 1. The van der Waals surface area contributed by atoms with Crippen LogP contribution < -0.4 is 10.4 Å². The monoisotopic (exact) mass is 383 g/mol. The van der Waals surface area contributed by atoms with Gasteiger partial charge in [0.25, 0.3) is 0 Å². The van der Waals surface area contributed by atoms with Gasteiger partial charge in [-0.3, -0.25) is 10.1 Å². The molecule has 0 saturated carbocycles. The fourth-order valence-electron chi connectivity index (χ4n) is 2.67. The molecule has 2 aromatic carbocycles. The molecular weight excluding hydrogens is 366 g/mol. The lowest BCUT2D eigenvalue weighted by Gasteiger charge is -2.10. The first kappa shape index (κ1) is 19.1. The van der Waals surface area contributed by atoms with Gasteiger partial charge in [-0.2, -0.15) is 0 Å². The summed E-state index contributed by atoms with van der Waals surface area (Å²) in [4.78, 5) is 34.1. The predicted octanol–water partition coefficient (Wildman–Crippen LogP) is 3.44. The summed E-state index contributed by atoms with van der Waals surface area (Å²) in [5, 5.41) is 11.6. The smallest absolute Gasteiger partial charge is 0.344 e. The Bertz CT molecular complexity index is 1120. The quantitative estimate of drug-likeness (QED) is 0.278. The Kier molecular flexibility index (Phi) is 5.39. The van der Waals surface area contributed by atoms with E-state index in [1.807, 2.05) is 19.9 Å². The molecule has 0 saturated heterocycles. The zero-order chi connectivity index (χ0) is 20.3. The highest BCUT2D eigenvalue weighted by Crippen LogP contribution is 2.26. The van der Waals surface area contributed by atoms with Crippen molar-refractivity contribution in [3.63, 3.8) is 0 Å². The molecule has 0 aliphatic heterocycles. The van der Waals surface area contributed by atoms with Gasteiger partial charge in [-0.15, -0.1) is 0 Å². The third-order valence-corrected chi connectivity index (χ3v) is 4.24. The Morgan fingerprint density at radius 2 is 1.86 bits per heavy atom. The van der Waals surface area contributed by atoms with Gasteiger partial charge in [0.1, 0.15) is 12.2 Å². The standard InChI is InChI=1S/C20H17NO7/c1-12-7-15-14(9-19(22)28-18(15)8-13(12)2)10-27-20(23)11-26-17-6-4-3-5-16(17)21(24)25/h3-9H,10-11H2,1-2H3. The van der Waals surface area contributed by atoms with E-state index in [-0.39, 0.29) is 18.0 Å². The van der Waals surface area contributed by atoms with Crippen LogP contribution in [-0.4, -0.2) is 17.5 Å². The molecule has 8 heteroatoms. The maximum Gasteiger partial charge on any atom is 0.344 e. The van der Waals surface area contributed by atoms with Gasteiger partial charge in [-0.25, -0.2) is 9.59 Å². The molecule has 0 spiro atoms. The number of carbonyl (C=O) groups excluding carboxylic acids is 1. The van der Waals surface area contributed by atoms with Crippen LogP contribution in [0.4, 0.5) is 5.69 Å². The van der Waals surface area contributed by atoms with Crippen LogP contribution in [0.2, 0.25) is 0 Å². The molecule has 0 N–H and O–H groups in total. The van der Waals surface area contributed by atoms with Crippen LogP contribution >= 0.6 is 0 Å². The number of nitro groups is 1. The maximum atomic E-state index is 12.0. The Balaban J connectivity index is 1.71. The van der Waals surface area contributed by atoms with E-state index in [1.54, 1.807) is 12.1 Å². The number of aryl methyl sites for hydroxylation is 2. The third kappa shape index (κ3) is 4.17. The molecule has 0 radical (unpaired) electrons. The number of ether oxygens (including phenoxy) is 2. The fraction of sp³-hybridized carbons (Fsp3) is 0.200. The molecule has 3 rings (SSSR count). The van der Waals surface area contributed by atoms with Crippen LogP contribution in [0, 0.1) is 24.0 Å². The van der Waals surface area contributed by atoms with E-state index in [0.29, 0.717) is 16.5 Å². The van der Waals surface area contributed by atoms with E-state index in [0.717, 1.165) is 11.1 Å². The van der Waals surface area contributed by atoms with Crippen molar-refractivity contribution in [2.24, 2.45) is 0 Å². The van der Waals surface area contributed by atoms with E-state index in [9.17, 15) is 19.7 Å². The molecule has 0 atom stereocenters. The number of nitro benzene ring substituents is 1. The number of carbonyl (C=O) groups is 1. The van der Waals surface area contributed by atoms with E-state index in [1.165, 1.54) is 24.3 Å². The van der Waals surface area contributed by atoms with E-state index in [4.69, 9.17) is 13.9 Å². The summed E-state index contributed by atoms with van der Waals surface area (Å²) in [5.74, 6) is -0.746. The van der Waals surface area contributed by atoms with Gasteiger partial charge in [-0.1, -0.05) is 12.1 Å². The molecule has 0 amide bonds. The summed E-state index contributed by atoms with van der Waals surface area (Å²) in [6.07, 6.45) is 0. The second kappa shape index (κ2) is 7.91. The zero-order valence-corrected chi connectivity index (χ0v) is 15.3. The second-order valence-electron chi connectivity index (χ2n) is 6.20. The van der Waals surface area contributed by atoms with Gasteiger partial charge in [0.05, 0.1) is 4.92 Å². The number of fused-ring (bicyclic) bond motifs is 1. The highest BCUT2D eigenvalue weighted by atomic mass is 16.6. The molecule has 1 aromatic heterocycles. The van der Waals surface area contributed by atoms with Gasteiger partial charge < -0.3 is 13.9 Å². The largest absolute Gasteiger partial charge is 0.475 e. The molecule has 0 fully saturated rings. The van der Waals surface area contributed by atoms with E-state index < -0.39 is 23.1 Å². The summed E-state index contributed by atoms with van der Waals surface area (Å²) in [6.45, 7) is 3.18. The van der Waals surface area contributed by atoms with Crippen molar-refractivity contribution in [2.45, 2.75) is 20.5 Å². The van der Waals surface area contributed by atoms with Crippen molar-refractivity contribution in [3.8, 4) is 5.75 Å². The number of rotatable bonds is 6. The fourth-order valence-corrected chi connectivity index (χ4v) is 2.67. The molecule has 3 aromatic rings. The Labute approximate surface area is 159 Å². The van der Waals surface area contributed by atoms with Gasteiger partial charge in [0, 0.05) is 23.1 Å². The first-order valence-electron chi connectivity index (χ1n) is 8.41. The predicted molar refractivity (Wildman–Crippen MR) is 100 cm³/mol. The van der Waals surface area contributed by atoms with Crippen LogP contribution in [0.25, 0.3) is 11.0 Å². The number of benzene rings is 2. The number of esters is 1. The summed E-state index contributed by atoms with van der Waals surface area (Å²) >= 11 is 0. The van der Waals surface area contributed by atoms with Crippen LogP contribution in [-0.2, 0) is 16.1 Å². The van der Waals surface area contributed by atoms with Crippen LogP contribution in [0.1, 0.15) is 16.7 Å². The minimum atomic E-state index is -0.719. The minimum Gasteiger partial charge on any atom is -0.475 e. The SMILES string of the molecule is Cc1cc2oc(=O)cc(COC(=O)COc3ccccc3[N+](=O)[O-])c2cc1C. The van der Waals surface area contributed by atoms with Gasteiger partial charge >= 0.3 is 17.3 Å². The summed E-state index contributed by atoms with van der Waals surface area (Å²) in [7, 11) is 0. The number of hydrogen-bond acceptors (Lipinski definition) is 7. The highest BCUT2D eigenvalue weighted by molar-refractivity contribution is 5.82. The van der Waals surface area contributed by atoms with Crippen molar-refractivity contribution >= 4 is 22.6 Å². The first-order valence-corrected chi connectivity index (χ1v) is 8.41. The van der Waals surface area contributed by atoms with Crippen LogP contribution in [0.15, 0.2) is 51.7 Å². The second-order valence-corrected chi connectivity index (χ2v) is 6.20. The average Bonchev–Trinajstić information content (AvgIpc) is 2.66. The van der Waals surface area contributed by atoms with Gasteiger partial charge in [0.2, 0.25) is 0 Å². The molecule has 1 heterocycles. The molecular formula is C20H17NO7. The molecule has 144 valence electrons. The van der Waals surface area contributed by atoms with Gasteiger partial charge in [0.15, 0.2) is 12.4 Å². The zero-order valence-electron chi connectivity index (χ0n) is 15.3. The maximum absolute atomic E-state index is 12.0. The molecule has 8 nitrogen and oxygen atoms in total. The number of para-hydroxylation sites is 2. The van der Waals surface area contributed by atoms with Crippen molar-refractivity contribution in [2.75, 3.05) is 6.61 Å². The highest BCUT2D eigenvalue weighted by Gasteiger charge is 2.16. The topological polar surface area (TPSA) is 109 Å². The third-order valence-electron chi connectivity index (χ3n) is 4.24. The number of hydrogen-bond donors (Lipinski definition) is 0. The van der Waals surface area contributed by atoms with E-state index in [2.05, 4.69) is 0 Å². The molecule has 0 bridgehead atoms. The Hall–Kier alpha value is -3.68. The molecule has 0 aliphatic rings. The Morgan fingerprint density at radius 1 is 1.14 bits per heavy atom. The molecule has 0 aliphatic carbocycles. The Morgan fingerprint density at radius 3 is 2.61 bits per heavy atom. The van der Waals surface area contributed by atoms with E-state index >= 15 is 0 Å². The lowest BCUT2D eigenvalue weighted by Crippen LogP contribution is -2.16.